The molecule has 116 valence electrons. The summed E-state index contributed by atoms with van der Waals surface area (Å²) in [6.45, 7) is 11.4. The second kappa shape index (κ2) is 4.93. The molecule has 0 spiro atoms. The van der Waals surface area contributed by atoms with Crippen molar-refractivity contribution in [2.45, 2.75) is 53.6 Å². The molecule has 1 aliphatic heterocycles. The molecule has 1 aromatic rings. The van der Waals surface area contributed by atoms with Crippen LogP contribution in [-0.4, -0.2) is 23.3 Å². The third-order valence-electron chi connectivity index (χ3n) is 3.84. The smallest absolute Gasteiger partial charge is 0.311 e. The Morgan fingerprint density at radius 2 is 2.05 bits per heavy atom. The van der Waals surface area contributed by atoms with Crippen LogP contribution in [0.3, 0.4) is 0 Å². The first-order chi connectivity index (χ1) is 9.53. The van der Waals surface area contributed by atoms with Crippen LogP contribution in [0.2, 0.25) is 0 Å². The minimum Gasteiger partial charge on any atom is -0.508 e. The van der Waals surface area contributed by atoms with Crippen LogP contribution in [0, 0.1) is 19.3 Å². The van der Waals surface area contributed by atoms with Crippen molar-refractivity contribution in [2.75, 3.05) is 6.61 Å². The van der Waals surface area contributed by atoms with Gasteiger partial charge in [0.15, 0.2) is 0 Å². The fourth-order valence-electron chi connectivity index (χ4n) is 2.47. The van der Waals surface area contributed by atoms with Gasteiger partial charge in [-0.05, 0) is 58.7 Å². The Morgan fingerprint density at radius 3 is 2.62 bits per heavy atom. The van der Waals surface area contributed by atoms with E-state index in [2.05, 4.69) is 0 Å². The Kier molecular flexibility index (Phi) is 3.68. The number of hydrogen-bond donors (Lipinski definition) is 1. The molecule has 0 aromatic heterocycles. The maximum absolute atomic E-state index is 11.9. The lowest BCUT2D eigenvalue weighted by molar-refractivity contribution is -0.158. The number of rotatable bonds is 2. The predicted molar refractivity (Wildman–Crippen MR) is 80.7 cm³/mol. The number of benzene rings is 1. The number of carbonyl (C=O) groups excluding carboxylic acids is 1. The summed E-state index contributed by atoms with van der Waals surface area (Å²) < 4.78 is 11.4. The van der Waals surface area contributed by atoms with Crippen LogP contribution in [0.4, 0.5) is 0 Å². The zero-order valence-electron chi connectivity index (χ0n) is 13.7. The second-order valence-corrected chi connectivity index (χ2v) is 7.20. The van der Waals surface area contributed by atoms with E-state index in [4.69, 9.17) is 9.47 Å². The highest BCUT2D eigenvalue weighted by Crippen LogP contribution is 2.42. The van der Waals surface area contributed by atoms with Crippen molar-refractivity contribution in [3.8, 4) is 11.5 Å². The number of aromatic hydroxyl groups is 1. The summed E-state index contributed by atoms with van der Waals surface area (Å²) in [6, 6.07) is 1.71. The van der Waals surface area contributed by atoms with Crippen molar-refractivity contribution in [1.82, 2.24) is 0 Å². The fourth-order valence-corrected chi connectivity index (χ4v) is 2.47. The quantitative estimate of drug-likeness (QED) is 0.850. The molecule has 0 aliphatic carbocycles. The summed E-state index contributed by atoms with van der Waals surface area (Å²) in [5.41, 5.74) is 1.64. The Hall–Kier alpha value is -1.71. The molecular formula is C17H24O4. The highest BCUT2D eigenvalue weighted by molar-refractivity contribution is 5.75. The van der Waals surface area contributed by atoms with Crippen LogP contribution < -0.4 is 4.74 Å². The number of phenols is 1. The average Bonchev–Trinajstić information content (AvgIpc) is 2.71. The van der Waals surface area contributed by atoms with E-state index in [0.29, 0.717) is 6.42 Å². The zero-order chi connectivity index (χ0) is 16.0. The van der Waals surface area contributed by atoms with Gasteiger partial charge in [-0.3, -0.25) is 4.79 Å². The molecule has 1 aromatic carbocycles. The van der Waals surface area contributed by atoms with Crippen molar-refractivity contribution < 1.29 is 19.4 Å². The number of phenolic OH excluding ortho intramolecular Hbond substituents is 1. The highest BCUT2D eigenvalue weighted by Gasteiger charge is 2.39. The monoisotopic (exact) mass is 292 g/mol. The molecule has 0 amide bonds. The van der Waals surface area contributed by atoms with Crippen LogP contribution in [0.25, 0.3) is 0 Å². The first-order valence-corrected chi connectivity index (χ1v) is 7.22. The van der Waals surface area contributed by atoms with E-state index in [9.17, 15) is 9.90 Å². The van der Waals surface area contributed by atoms with Gasteiger partial charge < -0.3 is 14.6 Å². The maximum Gasteiger partial charge on any atom is 0.311 e. The van der Waals surface area contributed by atoms with Gasteiger partial charge in [-0.2, -0.15) is 0 Å². The fraction of sp³-hybridized carbons (Fsp3) is 0.588. The number of aryl methyl sites for hydroxylation is 1. The molecule has 0 fully saturated rings. The molecule has 1 heterocycles. The maximum atomic E-state index is 11.9. The van der Waals surface area contributed by atoms with Crippen molar-refractivity contribution in [3.63, 3.8) is 0 Å². The second-order valence-electron chi connectivity index (χ2n) is 7.20. The average molecular weight is 292 g/mol. The van der Waals surface area contributed by atoms with Gasteiger partial charge in [0.2, 0.25) is 0 Å². The summed E-state index contributed by atoms with van der Waals surface area (Å²) in [7, 11) is 0. The van der Waals surface area contributed by atoms with E-state index in [-0.39, 0.29) is 18.3 Å². The summed E-state index contributed by atoms with van der Waals surface area (Å²) in [4.78, 5) is 11.9. The Morgan fingerprint density at radius 1 is 1.43 bits per heavy atom. The molecule has 0 saturated heterocycles. The molecule has 0 radical (unpaired) electrons. The summed E-state index contributed by atoms with van der Waals surface area (Å²) >= 11 is 0. The largest absolute Gasteiger partial charge is 0.508 e. The number of hydrogen-bond acceptors (Lipinski definition) is 4. The zero-order valence-corrected chi connectivity index (χ0v) is 13.7. The molecule has 1 aliphatic rings. The van der Waals surface area contributed by atoms with Crippen molar-refractivity contribution >= 4 is 5.97 Å². The molecule has 1 N–H and O–H groups in total. The van der Waals surface area contributed by atoms with E-state index < -0.39 is 11.0 Å². The van der Waals surface area contributed by atoms with Gasteiger partial charge in [0.05, 0.1) is 5.41 Å². The van der Waals surface area contributed by atoms with E-state index >= 15 is 0 Å². The van der Waals surface area contributed by atoms with Gasteiger partial charge in [0.25, 0.3) is 0 Å². The molecule has 0 saturated carbocycles. The number of fused-ring (bicyclic) bond motifs is 1. The topological polar surface area (TPSA) is 55.8 Å². The molecule has 1 unspecified atom stereocenters. The molecule has 1 atom stereocenters. The van der Waals surface area contributed by atoms with Gasteiger partial charge in [0, 0.05) is 12.0 Å². The van der Waals surface area contributed by atoms with E-state index in [1.165, 1.54) is 0 Å². The summed E-state index contributed by atoms with van der Waals surface area (Å²) in [5.74, 6) is 0.852. The first-order valence-electron chi connectivity index (χ1n) is 7.22. The third-order valence-corrected chi connectivity index (χ3v) is 3.84. The predicted octanol–water partition coefficient (Wildman–Crippen LogP) is 3.29. The molecule has 4 nitrogen and oxygen atoms in total. The highest BCUT2D eigenvalue weighted by atomic mass is 16.6. The Bertz CT molecular complexity index is 583. The number of carbonyl (C=O) groups is 1. The molecule has 4 heteroatoms. The van der Waals surface area contributed by atoms with Crippen LogP contribution >= 0.6 is 0 Å². The number of esters is 1. The van der Waals surface area contributed by atoms with Gasteiger partial charge >= 0.3 is 5.97 Å². The van der Waals surface area contributed by atoms with Crippen LogP contribution in [-0.2, 0) is 16.0 Å². The van der Waals surface area contributed by atoms with Crippen molar-refractivity contribution in [1.29, 1.82) is 0 Å². The Balaban J connectivity index is 2.17. The molecule has 2 rings (SSSR count). The lowest BCUT2D eigenvalue weighted by Crippen LogP contribution is -2.39. The summed E-state index contributed by atoms with van der Waals surface area (Å²) in [5, 5.41) is 9.92. The lowest BCUT2D eigenvalue weighted by atomic mass is 9.94. The van der Waals surface area contributed by atoms with Gasteiger partial charge in [-0.1, -0.05) is 0 Å². The van der Waals surface area contributed by atoms with Crippen molar-refractivity contribution in [3.05, 3.63) is 22.8 Å². The van der Waals surface area contributed by atoms with E-state index in [1.54, 1.807) is 6.07 Å². The molecular weight excluding hydrogens is 268 g/mol. The Labute approximate surface area is 126 Å². The SMILES string of the molecule is Cc1cc(O)c(C)c2c1OC(C)(COC(=O)C(C)(C)C)C2. The van der Waals surface area contributed by atoms with E-state index in [0.717, 1.165) is 22.4 Å². The number of ether oxygens (including phenoxy) is 2. The summed E-state index contributed by atoms with van der Waals surface area (Å²) in [6.07, 6.45) is 0.626. The minimum atomic E-state index is -0.577. The van der Waals surface area contributed by atoms with Crippen molar-refractivity contribution in [2.24, 2.45) is 5.41 Å². The van der Waals surface area contributed by atoms with Crippen LogP contribution in [0.15, 0.2) is 6.07 Å². The van der Waals surface area contributed by atoms with Gasteiger partial charge in [-0.15, -0.1) is 0 Å². The lowest BCUT2D eigenvalue weighted by Gasteiger charge is -2.26. The van der Waals surface area contributed by atoms with Gasteiger partial charge in [-0.25, -0.2) is 0 Å². The molecule has 0 bridgehead atoms. The van der Waals surface area contributed by atoms with Crippen LogP contribution in [0.5, 0.6) is 11.5 Å². The standard InChI is InChI=1S/C17H24O4/c1-10-7-13(18)11(2)12-8-17(6,21-14(10)12)9-20-15(19)16(3,4)5/h7,18H,8-9H2,1-6H3. The van der Waals surface area contributed by atoms with Crippen LogP contribution in [0.1, 0.15) is 44.4 Å². The first kappa shape index (κ1) is 15.7. The minimum absolute atomic E-state index is 0.206. The van der Waals surface area contributed by atoms with Gasteiger partial charge in [0.1, 0.15) is 23.7 Å². The van der Waals surface area contributed by atoms with E-state index in [1.807, 2.05) is 41.5 Å². The normalized spacial score (nSPS) is 20.9. The molecule has 21 heavy (non-hydrogen) atoms. The third kappa shape index (κ3) is 2.99.